The van der Waals surface area contributed by atoms with Gasteiger partial charge in [-0.1, -0.05) is 30.3 Å². The van der Waals surface area contributed by atoms with Gasteiger partial charge in [-0.25, -0.2) is 4.98 Å². The predicted octanol–water partition coefficient (Wildman–Crippen LogP) is 3.19. The average molecular weight is 378 g/mol. The van der Waals surface area contributed by atoms with Crippen molar-refractivity contribution in [3.63, 3.8) is 0 Å². The van der Waals surface area contributed by atoms with Gasteiger partial charge in [-0.05, 0) is 12.1 Å². The lowest BCUT2D eigenvalue weighted by molar-refractivity contribution is -0.142. The van der Waals surface area contributed by atoms with E-state index in [1.807, 2.05) is 54.6 Å². The van der Waals surface area contributed by atoms with Gasteiger partial charge in [0, 0.05) is 36.0 Å². The summed E-state index contributed by atoms with van der Waals surface area (Å²) in [6, 6.07) is 17.3. The smallest absolute Gasteiger partial charge is 0.323 e. The Morgan fingerprint density at radius 3 is 2.68 bits per heavy atom. The fourth-order valence-electron chi connectivity index (χ4n) is 3.45. The van der Waals surface area contributed by atoms with E-state index >= 15 is 0 Å². The molecule has 0 spiro atoms. The highest BCUT2D eigenvalue weighted by Crippen LogP contribution is 2.33. The van der Waals surface area contributed by atoms with Gasteiger partial charge < -0.3 is 19.5 Å². The number of methoxy groups -OCH3 is 2. The second-order valence-electron chi connectivity index (χ2n) is 6.71. The normalized spacial score (nSPS) is 18.8. The maximum Gasteiger partial charge on any atom is 0.323 e. The molecule has 1 aliphatic heterocycles. The maximum atomic E-state index is 11.8. The minimum Gasteiger partial charge on any atom is -0.497 e. The summed E-state index contributed by atoms with van der Waals surface area (Å²) in [6.07, 6.45) is 0.438. The van der Waals surface area contributed by atoms with Gasteiger partial charge in [-0.2, -0.15) is 0 Å². The summed E-state index contributed by atoms with van der Waals surface area (Å²) in [5, 5.41) is 4.06. The lowest BCUT2D eigenvalue weighted by Crippen LogP contribution is -2.31. The average Bonchev–Trinajstić information content (AvgIpc) is 3.21. The Morgan fingerprint density at radius 1 is 1.11 bits per heavy atom. The van der Waals surface area contributed by atoms with Gasteiger partial charge in [0.1, 0.15) is 23.6 Å². The molecule has 3 aromatic rings. The van der Waals surface area contributed by atoms with E-state index in [4.69, 9.17) is 19.2 Å². The van der Waals surface area contributed by atoms with Crippen LogP contribution in [0.15, 0.2) is 54.6 Å². The lowest BCUT2D eigenvalue weighted by atomic mass is 10.1. The molecule has 0 bridgehead atoms. The van der Waals surface area contributed by atoms with Crippen LogP contribution in [0.1, 0.15) is 6.42 Å². The molecule has 0 saturated carbocycles. The SMILES string of the molecule is COC(=O)C1CC(Oc2cc(-c3ccccc3)nc3cc(OC)ccc23)CN1. The zero-order valence-electron chi connectivity index (χ0n) is 15.8. The fraction of sp³-hybridized carbons (Fsp3) is 0.273. The number of carbonyl (C=O) groups excluding carboxylic acids is 1. The van der Waals surface area contributed by atoms with Crippen molar-refractivity contribution in [2.24, 2.45) is 0 Å². The summed E-state index contributed by atoms with van der Waals surface area (Å²) in [6.45, 7) is 0.584. The molecule has 6 heteroatoms. The van der Waals surface area contributed by atoms with Crippen molar-refractivity contribution in [1.29, 1.82) is 0 Å². The Morgan fingerprint density at radius 2 is 1.93 bits per heavy atom. The van der Waals surface area contributed by atoms with Gasteiger partial charge in [0.05, 0.1) is 25.4 Å². The van der Waals surface area contributed by atoms with E-state index < -0.39 is 0 Å². The predicted molar refractivity (Wildman–Crippen MR) is 107 cm³/mol. The monoisotopic (exact) mass is 378 g/mol. The second-order valence-corrected chi connectivity index (χ2v) is 6.71. The molecule has 0 aliphatic carbocycles. The van der Waals surface area contributed by atoms with Gasteiger partial charge in [0.2, 0.25) is 0 Å². The Hall–Kier alpha value is -3.12. The van der Waals surface area contributed by atoms with Gasteiger partial charge in [0.15, 0.2) is 0 Å². The summed E-state index contributed by atoms with van der Waals surface area (Å²) in [5.74, 6) is 1.22. The van der Waals surface area contributed by atoms with Crippen molar-refractivity contribution >= 4 is 16.9 Å². The number of esters is 1. The zero-order chi connectivity index (χ0) is 19.5. The maximum absolute atomic E-state index is 11.8. The summed E-state index contributed by atoms with van der Waals surface area (Å²) in [7, 11) is 3.03. The first-order valence-corrected chi connectivity index (χ1v) is 9.20. The molecular formula is C22H22N2O4. The van der Waals surface area contributed by atoms with Gasteiger partial charge in [0.25, 0.3) is 0 Å². The number of benzene rings is 2. The number of hydrogen-bond acceptors (Lipinski definition) is 6. The number of carbonyl (C=O) groups is 1. The molecule has 6 nitrogen and oxygen atoms in total. The molecule has 2 atom stereocenters. The number of nitrogens with one attached hydrogen (secondary N) is 1. The molecule has 1 aromatic heterocycles. The minimum absolute atomic E-state index is 0.125. The standard InChI is InChI=1S/C22H22N2O4/c1-26-15-8-9-17-19(10-15)24-18(14-6-4-3-5-7-14)12-21(17)28-16-11-20(23-13-16)22(25)27-2/h3-10,12,16,20,23H,11,13H2,1-2H3. The van der Waals surface area contributed by atoms with Crippen molar-refractivity contribution in [1.82, 2.24) is 10.3 Å². The second kappa shape index (κ2) is 7.86. The summed E-state index contributed by atoms with van der Waals surface area (Å²) in [5.41, 5.74) is 2.63. The van der Waals surface area contributed by atoms with Gasteiger partial charge in [-0.3, -0.25) is 4.79 Å². The van der Waals surface area contributed by atoms with Crippen LogP contribution in [0.25, 0.3) is 22.2 Å². The van der Waals surface area contributed by atoms with Gasteiger partial charge >= 0.3 is 5.97 Å². The molecule has 1 N–H and O–H groups in total. The van der Waals surface area contributed by atoms with Crippen LogP contribution in [-0.4, -0.2) is 43.9 Å². The summed E-state index contributed by atoms with van der Waals surface area (Å²) in [4.78, 5) is 16.6. The third kappa shape index (κ3) is 3.64. The molecule has 144 valence electrons. The number of ether oxygens (including phenoxy) is 3. The molecule has 1 saturated heterocycles. The first kappa shape index (κ1) is 18.3. The van der Waals surface area contributed by atoms with Crippen LogP contribution in [-0.2, 0) is 9.53 Å². The number of pyridine rings is 1. The molecule has 4 rings (SSSR count). The first-order valence-electron chi connectivity index (χ1n) is 9.20. The quantitative estimate of drug-likeness (QED) is 0.688. The van der Waals surface area contributed by atoms with Crippen LogP contribution < -0.4 is 14.8 Å². The van der Waals surface area contributed by atoms with E-state index in [0.29, 0.717) is 13.0 Å². The zero-order valence-corrected chi connectivity index (χ0v) is 15.8. The first-order chi connectivity index (χ1) is 13.7. The number of nitrogens with zero attached hydrogens (tertiary/aromatic N) is 1. The van der Waals surface area contributed by atoms with Crippen molar-refractivity contribution in [3.8, 4) is 22.8 Å². The number of aromatic nitrogens is 1. The van der Waals surface area contributed by atoms with E-state index in [-0.39, 0.29) is 18.1 Å². The van der Waals surface area contributed by atoms with Crippen molar-refractivity contribution in [3.05, 3.63) is 54.6 Å². The fourth-order valence-corrected chi connectivity index (χ4v) is 3.45. The molecule has 2 aromatic carbocycles. The van der Waals surface area contributed by atoms with Crippen LogP contribution in [0.3, 0.4) is 0 Å². The number of rotatable bonds is 5. The molecule has 2 heterocycles. The summed E-state index contributed by atoms with van der Waals surface area (Å²) >= 11 is 0. The van der Waals surface area contributed by atoms with Crippen LogP contribution in [0.4, 0.5) is 0 Å². The van der Waals surface area contributed by atoms with Crippen LogP contribution >= 0.6 is 0 Å². The van der Waals surface area contributed by atoms with Crippen molar-refractivity contribution in [2.45, 2.75) is 18.6 Å². The largest absolute Gasteiger partial charge is 0.497 e. The molecule has 0 amide bonds. The van der Waals surface area contributed by atoms with Crippen LogP contribution in [0.2, 0.25) is 0 Å². The molecule has 2 unspecified atom stereocenters. The third-order valence-electron chi connectivity index (χ3n) is 4.92. The lowest BCUT2D eigenvalue weighted by Gasteiger charge is -2.16. The van der Waals surface area contributed by atoms with Crippen LogP contribution in [0, 0.1) is 0 Å². The molecule has 1 fully saturated rings. The minimum atomic E-state index is -0.336. The van der Waals surface area contributed by atoms with E-state index in [0.717, 1.165) is 33.7 Å². The van der Waals surface area contributed by atoms with Crippen LogP contribution in [0.5, 0.6) is 11.5 Å². The molecule has 0 radical (unpaired) electrons. The van der Waals surface area contributed by atoms with Gasteiger partial charge in [-0.15, -0.1) is 0 Å². The third-order valence-corrected chi connectivity index (χ3v) is 4.92. The van der Waals surface area contributed by atoms with Crippen molar-refractivity contribution in [2.75, 3.05) is 20.8 Å². The summed E-state index contributed by atoms with van der Waals surface area (Å²) < 4.78 is 16.5. The highest BCUT2D eigenvalue weighted by molar-refractivity contribution is 5.89. The molecule has 1 aliphatic rings. The topological polar surface area (TPSA) is 69.7 Å². The molecular weight excluding hydrogens is 356 g/mol. The number of hydrogen-bond donors (Lipinski definition) is 1. The highest BCUT2D eigenvalue weighted by atomic mass is 16.5. The highest BCUT2D eigenvalue weighted by Gasteiger charge is 2.31. The Labute approximate surface area is 163 Å². The van der Waals surface area contributed by atoms with Crippen molar-refractivity contribution < 1.29 is 19.0 Å². The Balaban J connectivity index is 1.71. The van der Waals surface area contributed by atoms with E-state index in [1.165, 1.54) is 7.11 Å². The van der Waals surface area contributed by atoms with E-state index in [9.17, 15) is 4.79 Å². The Kier molecular flexibility index (Phi) is 5.12. The Bertz CT molecular complexity index is 990. The van der Waals surface area contributed by atoms with E-state index in [1.54, 1.807) is 7.11 Å². The molecule has 28 heavy (non-hydrogen) atoms. The number of fused-ring (bicyclic) bond motifs is 1. The van der Waals surface area contributed by atoms with E-state index in [2.05, 4.69) is 5.32 Å².